The SMILES string of the molecule is COc1c(N)ccc2c1CC[C@H]2N. The molecule has 3 heteroatoms. The van der Waals surface area contributed by atoms with Crippen LogP contribution in [-0.2, 0) is 6.42 Å². The maximum absolute atomic E-state index is 5.92. The summed E-state index contributed by atoms with van der Waals surface area (Å²) in [4.78, 5) is 0. The fraction of sp³-hybridized carbons (Fsp3) is 0.400. The van der Waals surface area contributed by atoms with Gasteiger partial charge in [0.1, 0.15) is 5.75 Å². The number of rotatable bonds is 1. The molecule has 0 saturated carbocycles. The number of nitrogens with two attached hydrogens (primary N) is 2. The van der Waals surface area contributed by atoms with Crippen LogP contribution in [0, 0.1) is 0 Å². The molecule has 0 amide bonds. The Morgan fingerprint density at radius 3 is 2.92 bits per heavy atom. The highest BCUT2D eigenvalue weighted by atomic mass is 16.5. The molecule has 1 aliphatic rings. The van der Waals surface area contributed by atoms with Crippen LogP contribution in [-0.4, -0.2) is 7.11 Å². The zero-order chi connectivity index (χ0) is 9.42. The predicted octanol–water partition coefficient (Wildman–Crippen LogP) is 1.22. The number of benzene rings is 1. The topological polar surface area (TPSA) is 61.3 Å². The predicted molar refractivity (Wildman–Crippen MR) is 52.7 cm³/mol. The molecule has 1 aromatic carbocycles. The number of fused-ring (bicyclic) bond motifs is 1. The van der Waals surface area contributed by atoms with Crippen molar-refractivity contribution in [2.75, 3.05) is 12.8 Å². The number of hydrogen-bond donors (Lipinski definition) is 2. The van der Waals surface area contributed by atoms with Crippen molar-refractivity contribution in [1.29, 1.82) is 0 Å². The van der Waals surface area contributed by atoms with Crippen LogP contribution in [0.15, 0.2) is 12.1 Å². The Labute approximate surface area is 77.7 Å². The number of nitrogen functional groups attached to an aromatic ring is 1. The summed E-state index contributed by atoms with van der Waals surface area (Å²) in [6.45, 7) is 0. The fourth-order valence-corrected chi connectivity index (χ4v) is 1.96. The van der Waals surface area contributed by atoms with Gasteiger partial charge < -0.3 is 16.2 Å². The van der Waals surface area contributed by atoms with Crippen LogP contribution in [0.3, 0.4) is 0 Å². The van der Waals surface area contributed by atoms with Crippen molar-refractivity contribution in [3.05, 3.63) is 23.3 Å². The van der Waals surface area contributed by atoms with E-state index in [9.17, 15) is 0 Å². The summed E-state index contributed by atoms with van der Waals surface area (Å²) >= 11 is 0. The summed E-state index contributed by atoms with van der Waals surface area (Å²) in [6, 6.07) is 4.03. The van der Waals surface area contributed by atoms with Gasteiger partial charge in [-0.25, -0.2) is 0 Å². The van der Waals surface area contributed by atoms with E-state index in [0.29, 0.717) is 5.69 Å². The van der Waals surface area contributed by atoms with Gasteiger partial charge in [-0.05, 0) is 24.5 Å². The molecule has 70 valence electrons. The molecule has 1 atom stereocenters. The molecule has 13 heavy (non-hydrogen) atoms. The van der Waals surface area contributed by atoms with E-state index < -0.39 is 0 Å². The van der Waals surface area contributed by atoms with Gasteiger partial charge in [-0.3, -0.25) is 0 Å². The zero-order valence-electron chi connectivity index (χ0n) is 7.71. The maximum Gasteiger partial charge on any atom is 0.145 e. The Morgan fingerprint density at radius 1 is 1.46 bits per heavy atom. The molecule has 0 radical (unpaired) electrons. The quantitative estimate of drug-likeness (QED) is 0.636. The first-order valence-electron chi connectivity index (χ1n) is 4.45. The molecule has 0 heterocycles. The lowest BCUT2D eigenvalue weighted by atomic mass is 10.1. The second-order valence-electron chi connectivity index (χ2n) is 3.40. The Morgan fingerprint density at radius 2 is 2.23 bits per heavy atom. The van der Waals surface area contributed by atoms with Crippen LogP contribution in [0.2, 0.25) is 0 Å². The fourth-order valence-electron chi connectivity index (χ4n) is 1.96. The number of methoxy groups -OCH3 is 1. The van der Waals surface area contributed by atoms with E-state index in [1.54, 1.807) is 7.11 Å². The number of anilines is 1. The van der Waals surface area contributed by atoms with Gasteiger partial charge >= 0.3 is 0 Å². The van der Waals surface area contributed by atoms with Crippen molar-refractivity contribution in [3.63, 3.8) is 0 Å². The van der Waals surface area contributed by atoms with E-state index >= 15 is 0 Å². The first-order valence-corrected chi connectivity index (χ1v) is 4.45. The Hall–Kier alpha value is -1.22. The summed E-state index contributed by atoms with van der Waals surface area (Å²) in [5.74, 6) is 0.811. The molecular formula is C10H14N2O. The summed E-state index contributed by atoms with van der Waals surface area (Å²) in [6.07, 6.45) is 1.97. The molecule has 1 aromatic rings. The van der Waals surface area contributed by atoms with Gasteiger partial charge in [0.15, 0.2) is 0 Å². The minimum Gasteiger partial charge on any atom is -0.494 e. The summed E-state index contributed by atoms with van der Waals surface area (Å²) < 4.78 is 5.26. The van der Waals surface area contributed by atoms with Crippen molar-refractivity contribution >= 4 is 5.69 Å². The summed E-state index contributed by atoms with van der Waals surface area (Å²) in [7, 11) is 1.65. The van der Waals surface area contributed by atoms with Gasteiger partial charge in [0.2, 0.25) is 0 Å². The van der Waals surface area contributed by atoms with Gasteiger partial charge in [0, 0.05) is 11.6 Å². The van der Waals surface area contributed by atoms with Crippen LogP contribution < -0.4 is 16.2 Å². The first kappa shape index (κ1) is 8.38. The molecule has 1 aliphatic carbocycles. The monoisotopic (exact) mass is 178 g/mol. The molecule has 0 unspecified atom stereocenters. The molecular weight excluding hydrogens is 164 g/mol. The van der Waals surface area contributed by atoms with Crippen LogP contribution in [0.4, 0.5) is 5.69 Å². The molecule has 0 aliphatic heterocycles. The lowest BCUT2D eigenvalue weighted by molar-refractivity contribution is 0.412. The minimum atomic E-state index is 0.157. The maximum atomic E-state index is 5.92. The Kier molecular flexibility index (Phi) is 1.88. The van der Waals surface area contributed by atoms with E-state index in [0.717, 1.165) is 18.6 Å². The molecule has 0 spiro atoms. The molecule has 0 bridgehead atoms. The van der Waals surface area contributed by atoms with Gasteiger partial charge in [0.25, 0.3) is 0 Å². The van der Waals surface area contributed by atoms with Crippen molar-refractivity contribution in [2.45, 2.75) is 18.9 Å². The van der Waals surface area contributed by atoms with Crippen molar-refractivity contribution in [1.82, 2.24) is 0 Å². The Bertz CT molecular complexity index is 336. The van der Waals surface area contributed by atoms with E-state index in [1.807, 2.05) is 12.1 Å². The summed E-state index contributed by atoms with van der Waals surface area (Å²) in [5, 5.41) is 0. The van der Waals surface area contributed by atoms with Gasteiger partial charge in [-0.15, -0.1) is 0 Å². The van der Waals surface area contributed by atoms with Gasteiger partial charge in [-0.1, -0.05) is 6.07 Å². The Balaban J connectivity index is 2.57. The lowest BCUT2D eigenvalue weighted by Gasteiger charge is -2.10. The molecule has 3 nitrogen and oxygen atoms in total. The standard InChI is InChI=1S/C10H14N2O/c1-13-10-7-3-4-8(11)6(7)2-5-9(10)12/h2,5,8H,3-4,11-12H2,1H3/t8-/m1/s1. The average Bonchev–Trinajstić information content (AvgIpc) is 2.48. The molecule has 4 N–H and O–H groups in total. The lowest BCUT2D eigenvalue weighted by Crippen LogP contribution is -2.05. The van der Waals surface area contributed by atoms with E-state index in [4.69, 9.17) is 16.2 Å². The highest BCUT2D eigenvalue weighted by Crippen LogP contribution is 2.38. The first-order chi connectivity index (χ1) is 6.24. The second-order valence-corrected chi connectivity index (χ2v) is 3.40. The van der Waals surface area contributed by atoms with Gasteiger partial charge in [-0.2, -0.15) is 0 Å². The number of ether oxygens (including phenoxy) is 1. The minimum absolute atomic E-state index is 0.157. The molecule has 0 fully saturated rings. The molecule has 2 rings (SSSR count). The third kappa shape index (κ3) is 1.16. The highest BCUT2D eigenvalue weighted by molar-refractivity contribution is 5.61. The normalized spacial score (nSPS) is 20.0. The van der Waals surface area contributed by atoms with Crippen LogP contribution in [0.1, 0.15) is 23.6 Å². The van der Waals surface area contributed by atoms with Crippen LogP contribution in [0.25, 0.3) is 0 Å². The zero-order valence-corrected chi connectivity index (χ0v) is 7.71. The highest BCUT2D eigenvalue weighted by Gasteiger charge is 2.23. The van der Waals surface area contributed by atoms with Crippen molar-refractivity contribution < 1.29 is 4.74 Å². The van der Waals surface area contributed by atoms with E-state index in [2.05, 4.69) is 0 Å². The molecule has 0 saturated heterocycles. The van der Waals surface area contributed by atoms with Gasteiger partial charge in [0.05, 0.1) is 12.8 Å². The van der Waals surface area contributed by atoms with Crippen molar-refractivity contribution in [2.24, 2.45) is 5.73 Å². The van der Waals surface area contributed by atoms with Crippen LogP contribution in [0.5, 0.6) is 5.75 Å². The third-order valence-corrected chi connectivity index (χ3v) is 2.64. The average molecular weight is 178 g/mol. The van der Waals surface area contributed by atoms with E-state index in [-0.39, 0.29) is 6.04 Å². The largest absolute Gasteiger partial charge is 0.494 e. The molecule has 0 aromatic heterocycles. The van der Waals surface area contributed by atoms with Crippen LogP contribution >= 0.6 is 0 Å². The number of hydrogen-bond acceptors (Lipinski definition) is 3. The summed E-state index contributed by atoms with van der Waals surface area (Å²) in [5.41, 5.74) is 14.8. The smallest absolute Gasteiger partial charge is 0.145 e. The van der Waals surface area contributed by atoms with E-state index in [1.165, 1.54) is 11.1 Å². The van der Waals surface area contributed by atoms with Crippen molar-refractivity contribution in [3.8, 4) is 5.75 Å². The third-order valence-electron chi connectivity index (χ3n) is 2.64. The second kappa shape index (κ2) is 2.92.